The lowest BCUT2D eigenvalue weighted by Crippen LogP contribution is -2.31. The van der Waals surface area contributed by atoms with Crippen LogP contribution < -0.4 is 11.2 Å². The van der Waals surface area contributed by atoms with E-state index in [1.807, 2.05) is 0 Å². The number of aromatic amines is 1. The maximum Gasteiger partial charge on any atom is 0.329 e. The normalized spacial score (nSPS) is 24.9. The molecule has 2 N–H and O–H groups in total. The van der Waals surface area contributed by atoms with Crippen molar-refractivity contribution in [1.82, 2.24) is 9.55 Å². The summed E-state index contributed by atoms with van der Waals surface area (Å²) < 4.78 is 1.55. The first-order valence-electron chi connectivity index (χ1n) is 5.20. The van der Waals surface area contributed by atoms with Gasteiger partial charge in [-0.2, -0.15) is 0 Å². The van der Waals surface area contributed by atoms with Gasteiger partial charge >= 0.3 is 5.69 Å². The number of aliphatic hydroxyl groups is 1. The Morgan fingerprint density at radius 3 is 2.94 bits per heavy atom. The molecule has 0 unspecified atom stereocenters. The Morgan fingerprint density at radius 2 is 2.31 bits per heavy atom. The molecule has 0 saturated carbocycles. The number of nitrogens with zero attached hydrogens (tertiary/aromatic N) is 1. The lowest BCUT2D eigenvalue weighted by Gasteiger charge is -2.13. The minimum atomic E-state index is -0.369. The van der Waals surface area contributed by atoms with Crippen molar-refractivity contribution in [2.45, 2.75) is 30.4 Å². The number of aliphatic hydroxyl groups excluding tert-OH is 1. The van der Waals surface area contributed by atoms with Crippen molar-refractivity contribution < 1.29 is 5.11 Å². The van der Waals surface area contributed by atoms with E-state index in [1.165, 1.54) is 0 Å². The fourth-order valence-corrected chi connectivity index (χ4v) is 3.19. The van der Waals surface area contributed by atoms with Gasteiger partial charge in [0.2, 0.25) is 0 Å². The highest BCUT2D eigenvalue weighted by Gasteiger charge is 2.26. The molecule has 1 aromatic heterocycles. The van der Waals surface area contributed by atoms with Crippen LogP contribution in [0.3, 0.4) is 0 Å². The predicted octanol–water partition coefficient (Wildman–Crippen LogP) is 0.232. The lowest BCUT2D eigenvalue weighted by atomic mass is 10.2. The highest BCUT2D eigenvalue weighted by atomic mass is 32.2. The molecule has 0 aromatic carbocycles. The zero-order valence-corrected chi connectivity index (χ0v) is 9.79. The molecule has 2 rings (SSSR count). The van der Waals surface area contributed by atoms with Crippen molar-refractivity contribution >= 4 is 11.8 Å². The Bertz CT molecular complexity index is 494. The summed E-state index contributed by atoms with van der Waals surface area (Å²) in [5.41, 5.74) is -0.165. The standard InChI is InChI=1S/C10H14N2O3S/c1-6-4-12(10(15)11-9(6)14)8-3-2-7(5-13)16-8/h4,7-8,13H,2-3,5H2,1H3,(H,11,14,15)/t7-,8+/m1/s1. The van der Waals surface area contributed by atoms with Crippen molar-refractivity contribution in [2.75, 3.05) is 6.61 Å². The van der Waals surface area contributed by atoms with Crippen molar-refractivity contribution in [2.24, 2.45) is 0 Å². The summed E-state index contributed by atoms with van der Waals surface area (Å²) in [5, 5.41) is 9.26. The van der Waals surface area contributed by atoms with Crippen molar-refractivity contribution in [3.8, 4) is 0 Å². The maximum atomic E-state index is 11.6. The van der Waals surface area contributed by atoms with E-state index in [2.05, 4.69) is 4.98 Å². The summed E-state index contributed by atoms with van der Waals surface area (Å²) in [6.45, 7) is 1.82. The van der Waals surface area contributed by atoms with E-state index in [0.717, 1.165) is 12.8 Å². The van der Waals surface area contributed by atoms with Gasteiger partial charge < -0.3 is 5.11 Å². The summed E-state index contributed by atoms with van der Waals surface area (Å²) in [5.74, 6) is 0. The van der Waals surface area contributed by atoms with Gasteiger partial charge in [-0.05, 0) is 19.8 Å². The van der Waals surface area contributed by atoms with Gasteiger partial charge in [0.15, 0.2) is 0 Å². The highest BCUT2D eigenvalue weighted by Crippen LogP contribution is 2.40. The summed E-state index contributed by atoms with van der Waals surface area (Å²) in [6, 6.07) is 0. The van der Waals surface area contributed by atoms with Crippen LogP contribution in [0.5, 0.6) is 0 Å². The van der Waals surface area contributed by atoms with E-state index in [9.17, 15) is 9.59 Å². The molecular weight excluding hydrogens is 228 g/mol. The number of hydrogen-bond acceptors (Lipinski definition) is 4. The molecule has 1 aromatic rings. The Balaban J connectivity index is 2.32. The lowest BCUT2D eigenvalue weighted by molar-refractivity contribution is 0.292. The van der Waals surface area contributed by atoms with Crippen LogP contribution in [0.15, 0.2) is 15.8 Å². The first-order chi connectivity index (χ1) is 7.61. The molecule has 2 atom stereocenters. The van der Waals surface area contributed by atoms with E-state index in [-0.39, 0.29) is 28.5 Å². The average Bonchev–Trinajstić information content (AvgIpc) is 2.71. The number of hydrogen-bond donors (Lipinski definition) is 2. The third kappa shape index (κ3) is 2.08. The largest absolute Gasteiger partial charge is 0.395 e. The van der Waals surface area contributed by atoms with E-state index in [4.69, 9.17) is 5.11 Å². The Kier molecular flexibility index (Phi) is 3.20. The molecule has 0 amide bonds. The molecule has 0 spiro atoms. The van der Waals surface area contributed by atoms with Crippen LogP contribution in [0.4, 0.5) is 0 Å². The number of thioether (sulfide) groups is 1. The Morgan fingerprint density at radius 1 is 1.56 bits per heavy atom. The maximum absolute atomic E-state index is 11.6. The second-order valence-electron chi connectivity index (χ2n) is 3.95. The molecule has 1 aliphatic rings. The number of aromatic nitrogens is 2. The number of H-pyrrole nitrogens is 1. The smallest absolute Gasteiger partial charge is 0.329 e. The second kappa shape index (κ2) is 4.47. The molecule has 16 heavy (non-hydrogen) atoms. The summed E-state index contributed by atoms with van der Waals surface area (Å²) in [6.07, 6.45) is 3.34. The molecule has 2 heterocycles. The molecule has 6 heteroatoms. The third-order valence-electron chi connectivity index (χ3n) is 2.74. The van der Waals surface area contributed by atoms with Gasteiger partial charge in [0.05, 0.1) is 12.0 Å². The van der Waals surface area contributed by atoms with Crippen LogP contribution in [0.2, 0.25) is 0 Å². The minimum absolute atomic E-state index is 0.0280. The van der Waals surface area contributed by atoms with Gasteiger partial charge in [-0.1, -0.05) is 0 Å². The molecule has 1 fully saturated rings. The van der Waals surface area contributed by atoms with Crippen LogP contribution in [0.1, 0.15) is 23.8 Å². The van der Waals surface area contributed by atoms with E-state index < -0.39 is 0 Å². The van der Waals surface area contributed by atoms with Crippen LogP contribution in [0, 0.1) is 6.92 Å². The number of rotatable bonds is 2. The minimum Gasteiger partial charge on any atom is -0.395 e. The van der Waals surface area contributed by atoms with E-state index in [1.54, 1.807) is 29.4 Å². The van der Waals surface area contributed by atoms with Gasteiger partial charge in [-0.15, -0.1) is 11.8 Å². The van der Waals surface area contributed by atoms with Crippen LogP contribution >= 0.6 is 11.8 Å². The van der Waals surface area contributed by atoms with Crippen molar-refractivity contribution in [3.05, 3.63) is 32.6 Å². The summed E-state index contributed by atoms with van der Waals surface area (Å²) >= 11 is 1.58. The topological polar surface area (TPSA) is 75.1 Å². The second-order valence-corrected chi connectivity index (χ2v) is 5.43. The molecule has 1 saturated heterocycles. The summed E-state index contributed by atoms with van der Waals surface area (Å²) in [4.78, 5) is 25.1. The van der Waals surface area contributed by atoms with Crippen molar-refractivity contribution in [1.29, 1.82) is 0 Å². The van der Waals surface area contributed by atoms with E-state index in [0.29, 0.717) is 5.56 Å². The molecule has 0 bridgehead atoms. The Hall–Kier alpha value is -1.01. The zero-order chi connectivity index (χ0) is 11.7. The van der Waals surface area contributed by atoms with Gasteiger partial charge in [0, 0.05) is 17.0 Å². The summed E-state index contributed by atoms with van der Waals surface area (Å²) in [7, 11) is 0. The predicted molar refractivity (Wildman–Crippen MR) is 62.8 cm³/mol. The quantitative estimate of drug-likeness (QED) is 0.778. The van der Waals surface area contributed by atoms with E-state index >= 15 is 0 Å². The monoisotopic (exact) mass is 242 g/mol. The Labute approximate surface area is 96.5 Å². The molecule has 0 aliphatic carbocycles. The van der Waals surface area contributed by atoms with Crippen LogP contribution in [-0.4, -0.2) is 26.5 Å². The molecule has 1 aliphatic heterocycles. The SMILES string of the molecule is Cc1cn([C@@H]2CC[C@H](CO)S2)c(=O)[nH]c1=O. The first kappa shape index (κ1) is 11.5. The van der Waals surface area contributed by atoms with Crippen LogP contribution in [0.25, 0.3) is 0 Å². The molecule has 0 radical (unpaired) electrons. The highest BCUT2D eigenvalue weighted by molar-refractivity contribution is 8.00. The van der Waals surface area contributed by atoms with Gasteiger partial charge in [-0.25, -0.2) is 4.79 Å². The third-order valence-corrected chi connectivity index (χ3v) is 4.29. The number of aryl methyl sites for hydroxylation is 1. The molecule has 88 valence electrons. The fourth-order valence-electron chi connectivity index (χ4n) is 1.83. The fraction of sp³-hybridized carbons (Fsp3) is 0.600. The van der Waals surface area contributed by atoms with Gasteiger partial charge in [-0.3, -0.25) is 14.3 Å². The van der Waals surface area contributed by atoms with Gasteiger partial charge in [0.25, 0.3) is 5.56 Å². The first-order valence-corrected chi connectivity index (χ1v) is 6.14. The zero-order valence-electron chi connectivity index (χ0n) is 8.97. The molecule has 5 nitrogen and oxygen atoms in total. The van der Waals surface area contributed by atoms with Gasteiger partial charge in [0.1, 0.15) is 0 Å². The number of nitrogens with one attached hydrogen (secondary N) is 1. The van der Waals surface area contributed by atoms with Crippen LogP contribution in [-0.2, 0) is 0 Å². The average molecular weight is 242 g/mol. The molecular formula is C10H14N2O3S. The van der Waals surface area contributed by atoms with Crippen molar-refractivity contribution in [3.63, 3.8) is 0 Å².